The molecule has 1 fully saturated rings. The van der Waals surface area contributed by atoms with Gasteiger partial charge in [-0.15, -0.1) is 11.3 Å². The van der Waals surface area contributed by atoms with Crippen LogP contribution in [0.1, 0.15) is 61.5 Å². The SMILES string of the molecule is CCC[C@@H](C(=O)N1CCC[C@H]1C(=O)NCc1ccc(-c2scnc2C)cc1)c1nc(C)no1. The van der Waals surface area contributed by atoms with E-state index in [2.05, 4.69) is 32.6 Å². The highest BCUT2D eigenvalue weighted by molar-refractivity contribution is 7.13. The second-order valence-electron chi connectivity index (χ2n) is 8.39. The van der Waals surface area contributed by atoms with E-state index in [1.54, 1.807) is 23.2 Å². The highest BCUT2D eigenvalue weighted by Gasteiger charge is 2.39. The summed E-state index contributed by atoms with van der Waals surface area (Å²) < 4.78 is 5.29. The fourth-order valence-corrected chi connectivity index (χ4v) is 5.07. The minimum absolute atomic E-state index is 0.109. The number of rotatable bonds is 8. The van der Waals surface area contributed by atoms with Gasteiger partial charge in [-0.3, -0.25) is 9.59 Å². The Morgan fingerprint density at radius 1 is 1.27 bits per heavy atom. The lowest BCUT2D eigenvalue weighted by Crippen LogP contribution is -2.47. The lowest BCUT2D eigenvalue weighted by molar-refractivity contribution is -0.140. The lowest BCUT2D eigenvalue weighted by atomic mass is 10.0. The molecule has 174 valence electrons. The number of amides is 2. The molecule has 9 heteroatoms. The number of aromatic nitrogens is 3. The number of benzene rings is 1. The zero-order chi connectivity index (χ0) is 23.4. The third-order valence-electron chi connectivity index (χ3n) is 5.98. The second kappa shape index (κ2) is 10.2. The van der Waals surface area contributed by atoms with Crippen LogP contribution in [0.2, 0.25) is 0 Å². The summed E-state index contributed by atoms with van der Waals surface area (Å²) in [6.45, 7) is 6.73. The number of thiazole rings is 1. The first-order chi connectivity index (χ1) is 16.0. The average molecular weight is 468 g/mol. The maximum atomic E-state index is 13.3. The summed E-state index contributed by atoms with van der Waals surface area (Å²) in [5.74, 6) is 0.0998. The largest absolute Gasteiger partial charge is 0.350 e. The zero-order valence-electron chi connectivity index (χ0n) is 19.2. The van der Waals surface area contributed by atoms with Crippen molar-refractivity contribution in [1.82, 2.24) is 25.3 Å². The van der Waals surface area contributed by atoms with E-state index in [1.807, 2.05) is 31.5 Å². The number of carbonyl (C=O) groups is 2. The van der Waals surface area contributed by atoms with Gasteiger partial charge in [-0.2, -0.15) is 4.98 Å². The number of nitrogens with zero attached hydrogens (tertiary/aromatic N) is 4. The van der Waals surface area contributed by atoms with Crippen molar-refractivity contribution in [1.29, 1.82) is 0 Å². The molecule has 1 aromatic carbocycles. The molecule has 2 amide bonds. The summed E-state index contributed by atoms with van der Waals surface area (Å²) in [6, 6.07) is 7.66. The van der Waals surface area contributed by atoms with E-state index in [0.29, 0.717) is 37.6 Å². The molecule has 2 atom stereocenters. The molecule has 8 nitrogen and oxygen atoms in total. The van der Waals surface area contributed by atoms with E-state index < -0.39 is 12.0 Å². The molecular formula is C24H29N5O3S. The van der Waals surface area contributed by atoms with Gasteiger partial charge in [-0.05, 0) is 44.2 Å². The summed E-state index contributed by atoms with van der Waals surface area (Å²) >= 11 is 1.62. The van der Waals surface area contributed by atoms with E-state index in [1.165, 1.54) is 0 Å². The van der Waals surface area contributed by atoms with Crippen LogP contribution in [0.25, 0.3) is 10.4 Å². The van der Waals surface area contributed by atoms with Crippen LogP contribution in [0.3, 0.4) is 0 Å². The third kappa shape index (κ3) is 5.13. The summed E-state index contributed by atoms with van der Waals surface area (Å²) in [7, 11) is 0. The minimum Gasteiger partial charge on any atom is -0.350 e. The van der Waals surface area contributed by atoms with Crippen LogP contribution < -0.4 is 5.32 Å². The molecule has 1 saturated heterocycles. The Morgan fingerprint density at radius 3 is 2.70 bits per heavy atom. The molecule has 0 unspecified atom stereocenters. The maximum absolute atomic E-state index is 13.3. The average Bonchev–Trinajstić information content (AvgIpc) is 3.57. The molecule has 4 rings (SSSR count). The van der Waals surface area contributed by atoms with Crippen molar-refractivity contribution in [3.05, 3.63) is 52.7 Å². The molecule has 3 aromatic rings. The molecule has 0 aliphatic carbocycles. The van der Waals surface area contributed by atoms with Gasteiger partial charge in [-0.25, -0.2) is 4.98 Å². The van der Waals surface area contributed by atoms with Crippen molar-refractivity contribution >= 4 is 23.2 Å². The van der Waals surface area contributed by atoms with Gasteiger partial charge in [0, 0.05) is 13.1 Å². The predicted octanol–water partition coefficient (Wildman–Crippen LogP) is 4.00. The standard InChI is InChI=1S/C24H29N5O3S/c1-4-6-19(23-27-16(3)28-32-23)24(31)29-12-5-7-20(29)22(30)25-13-17-8-10-18(11-9-17)21-15(2)26-14-33-21/h8-11,14,19-20H,4-7,12-13H2,1-3H3,(H,25,30)/t19-,20+/m1/s1. The first-order valence-corrected chi connectivity index (χ1v) is 12.2. The molecule has 0 spiro atoms. The summed E-state index contributed by atoms with van der Waals surface area (Å²) in [6.07, 6.45) is 2.87. The van der Waals surface area contributed by atoms with Crippen LogP contribution in [-0.2, 0) is 16.1 Å². The minimum atomic E-state index is -0.507. The molecule has 0 radical (unpaired) electrons. The van der Waals surface area contributed by atoms with Crippen LogP contribution in [0.5, 0.6) is 0 Å². The molecular weight excluding hydrogens is 438 g/mol. The Labute approximate surface area is 197 Å². The van der Waals surface area contributed by atoms with Crippen molar-refractivity contribution in [2.75, 3.05) is 6.54 Å². The zero-order valence-corrected chi connectivity index (χ0v) is 20.0. The van der Waals surface area contributed by atoms with Gasteiger partial charge in [0.1, 0.15) is 12.0 Å². The molecule has 0 saturated carbocycles. The number of carbonyl (C=O) groups excluding carboxylic acids is 2. The fraction of sp³-hybridized carbons (Fsp3) is 0.458. The summed E-state index contributed by atoms with van der Waals surface area (Å²) in [5, 5.41) is 6.85. The van der Waals surface area contributed by atoms with Gasteiger partial charge >= 0.3 is 0 Å². The summed E-state index contributed by atoms with van der Waals surface area (Å²) in [5.41, 5.74) is 4.99. The fourth-order valence-electron chi connectivity index (χ4n) is 4.26. The van der Waals surface area contributed by atoms with Crippen molar-refractivity contribution in [3.8, 4) is 10.4 Å². The van der Waals surface area contributed by atoms with Gasteiger partial charge < -0.3 is 14.7 Å². The Kier molecular flexibility index (Phi) is 7.17. The highest BCUT2D eigenvalue weighted by Crippen LogP contribution is 2.29. The van der Waals surface area contributed by atoms with E-state index in [-0.39, 0.29) is 11.8 Å². The quantitative estimate of drug-likeness (QED) is 0.537. The van der Waals surface area contributed by atoms with Crippen LogP contribution in [-0.4, -0.2) is 44.4 Å². The Balaban J connectivity index is 1.39. The van der Waals surface area contributed by atoms with Gasteiger partial charge in [0.15, 0.2) is 5.82 Å². The lowest BCUT2D eigenvalue weighted by Gasteiger charge is -2.27. The third-order valence-corrected chi connectivity index (χ3v) is 6.96. The number of hydrogen-bond acceptors (Lipinski definition) is 7. The first-order valence-electron chi connectivity index (χ1n) is 11.4. The van der Waals surface area contributed by atoms with Crippen LogP contribution in [0, 0.1) is 13.8 Å². The second-order valence-corrected chi connectivity index (χ2v) is 9.25. The van der Waals surface area contributed by atoms with E-state index >= 15 is 0 Å². The normalized spacial score (nSPS) is 16.7. The van der Waals surface area contributed by atoms with Crippen LogP contribution >= 0.6 is 11.3 Å². The van der Waals surface area contributed by atoms with Crippen molar-refractivity contribution in [3.63, 3.8) is 0 Å². The van der Waals surface area contributed by atoms with Gasteiger partial charge in [-0.1, -0.05) is 42.8 Å². The van der Waals surface area contributed by atoms with Crippen molar-refractivity contribution < 1.29 is 14.1 Å². The number of nitrogens with one attached hydrogen (secondary N) is 1. The predicted molar refractivity (Wildman–Crippen MR) is 126 cm³/mol. The van der Waals surface area contributed by atoms with Crippen molar-refractivity contribution in [2.24, 2.45) is 0 Å². The summed E-state index contributed by atoms with van der Waals surface area (Å²) in [4.78, 5) is 37.7. The monoisotopic (exact) mass is 467 g/mol. The number of likely N-dealkylation sites (tertiary alicyclic amines) is 1. The maximum Gasteiger partial charge on any atom is 0.243 e. The van der Waals surface area contributed by atoms with Crippen LogP contribution in [0.4, 0.5) is 0 Å². The molecule has 2 aromatic heterocycles. The molecule has 33 heavy (non-hydrogen) atoms. The van der Waals surface area contributed by atoms with Gasteiger partial charge in [0.25, 0.3) is 0 Å². The number of aryl methyl sites for hydroxylation is 2. The van der Waals surface area contributed by atoms with E-state index in [4.69, 9.17) is 4.52 Å². The smallest absolute Gasteiger partial charge is 0.243 e. The van der Waals surface area contributed by atoms with Crippen molar-refractivity contribution in [2.45, 2.75) is 65.0 Å². The Bertz CT molecular complexity index is 1110. The van der Waals surface area contributed by atoms with Gasteiger partial charge in [0.05, 0.1) is 16.1 Å². The first kappa shape index (κ1) is 23.1. The molecule has 1 N–H and O–H groups in total. The van der Waals surface area contributed by atoms with E-state index in [9.17, 15) is 9.59 Å². The molecule has 3 heterocycles. The molecule has 1 aliphatic rings. The highest BCUT2D eigenvalue weighted by atomic mass is 32.1. The topological polar surface area (TPSA) is 101 Å². The van der Waals surface area contributed by atoms with Gasteiger partial charge in [0.2, 0.25) is 17.7 Å². The number of hydrogen-bond donors (Lipinski definition) is 1. The Hall–Kier alpha value is -3.07. The Morgan fingerprint density at radius 2 is 2.06 bits per heavy atom. The van der Waals surface area contributed by atoms with Crippen LogP contribution in [0.15, 0.2) is 34.3 Å². The molecule has 0 bridgehead atoms. The molecule has 1 aliphatic heterocycles. The van der Waals surface area contributed by atoms with E-state index in [0.717, 1.165) is 34.5 Å².